The van der Waals surface area contributed by atoms with Gasteiger partial charge in [0.25, 0.3) is 3.12 Å². The molecule has 0 radical (unpaired) electrons. The van der Waals surface area contributed by atoms with Crippen LogP contribution in [0.2, 0.25) is 0 Å². The summed E-state index contributed by atoms with van der Waals surface area (Å²) in [5, 5.41) is 5.51. The quantitative estimate of drug-likeness (QED) is 0.309. The molecule has 0 aromatic carbocycles. The second kappa shape index (κ2) is 6.54. The molecule has 0 aliphatic carbocycles. The van der Waals surface area contributed by atoms with E-state index >= 15 is 0 Å². The van der Waals surface area contributed by atoms with E-state index in [0.717, 1.165) is 26.4 Å². The topological polar surface area (TPSA) is 41.9 Å². The van der Waals surface area contributed by atoms with E-state index in [4.69, 9.17) is 39.6 Å². The van der Waals surface area contributed by atoms with Gasteiger partial charge in [-0.3, -0.25) is 4.84 Å². The zero-order chi connectivity index (χ0) is 14.0. The van der Waals surface area contributed by atoms with E-state index in [2.05, 4.69) is 5.16 Å². The van der Waals surface area contributed by atoms with Gasteiger partial charge in [-0.25, -0.2) is 9.10 Å². The van der Waals surface area contributed by atoms with Gasteiger partial charge in [0.05, 0.1) is 4.75 Å². The molecule has 1 amide bonds. The third-order valence-electron chi connectivity index (χ3n) is 1.83. The number of alkyl halides is 3. The molecule has 0 atom stereocenters. The summed E-state index contributed by atoms with van der Waals surface area (Å²) >= 11 is 20.6. The van der Waals surface area contributed by atoms with Gasteiger partial charge in [0, 0.05) is 24.1 Å². The van der Waals surface area contributed by atoms with Gasteiger partial charge >= 0.3 is 6.09 Å². The molecule has 0 N–H and O–H groups in total. The Morgan fingerprint density at radius 2 is 2.17 bits per heavy atom. The van der Waals surface area contributed by atoms with Crippen molar-refractivity contribution in [3.8, 4) is 0 Å². The molecule has 0 aromatic heterocycles. The number of carbonyl (C=O) groups is 1. The predicted octanol–water partition coefficient (Wildman–Crippen LogP) is 4.56. The summed E-state index contributed by atoms with van der Waals surface area (Å²) in [5.74, 6) is 0. The summed E-state index contributed by atoms with van der Waals surface area (Å²) in [4.78, 5) is 16.4. The minimum atomic E-state index is -1.61. The Balaban J connectivity index is 2.53. The van der Waals surface area contributed by atoms with Crippen molar-refractivity contribution in [2.45, 2.75) is 21.7 Å². The van der Waals surface area contributed by atoms with Crippen LogP contribution < -0.4 is 0 Å². The van der Waals surface area contributed by atoms with Crippen LogP contribution in [-0.2, 0) is 4.84 Å². The highest BCUT2D eigenvalue weighted by molar-refractivity contribution is 8.29. The summed E-state index contributed by atoms with van der Waals surface area (Å²) in [6.07, 6.45) is -0.688. The van der Waals surface area contributed by atoms with Gasteiger partial charge in [0.1, 0.15) is 5.04 Å². The first-order valence-corrected chi connectivity index (χ1v) is 8.55. The standard InChI is InChI=1S/C8H11Cl3N2O2S3/c1-7(2)5(16-4-17-7)12-15-6(14)13(3)18-8(9,10)11/h4H2,1-3H3. The van der Waals surface area contributed by atoms with Crippen molar-refractivity contribution >= 4 is 81.4 Å². The van der Waals surface area contributed by atoms with E-state index in [1.54, 1.807) is 23.5 Å². The van der Waals surface area contributed by atoms with Crippen LogP contribution in [0.1, 0.15) is 13.8 Å². The third-order valence-corrected chi connectivity index (χ3v) is 5.93. The largest absolute Gasteiger partial charge is 0.445 e. The second-order valence-corrected chi connectivity index (χ2v) is 10.9. The predicted molar refractivity (Wildman–Crippen MR) is 83.7 cm³/mol. The number of hydrogen-bond acceptors (Lipinski definition) is 6. The molecule has 0 saturated carbocycles. The number of oxime groups is 1. The lowest BCUT2D eigenvalue weighted by Crippen LogP contribution is -2.25. The molecule has 1 aliphatic heterocycles. The van der Waals surface area contributed by atoms with Gasteiger partial charge in [-0.1, -0.05) is 51.7 Å². The average molecular weight is 370 g/mol. The van der Waals surface area contributed by atoms with E-state index in [9.17, 15) is 4.79 Å². The number of amides is 1. The normalized spacial score (nSPS) is 21.1. The molecule has 1 fully saturated rings. The maximum absolute atomic E-state index is 11.6. The molecule has 1 saturated heterocycles. The lowest BCUT2D eigenvalue weighted by Gasteiger charge is -2.19. The average Bonchev–Trinajstić information content (AvgIpc) is 2.51. The van der Waals surface area contributed by atoms with E-state index in [0.29, 0.717) is 0 Å². The van der Waals surface area contributed by atoms with Crippen molar-refractivity contribution in [1.82, 2.24) is 4.31 Å². The molecular formula is C8H11Cl3N2O2S3. The third kappa shape index (κ3) is 5.46. The number of halogens is 3. The smallest absolute Gasteiger partial charge is 0.296 e. The number of nitrogens with zero attached hydrogens (tertiary/aromatic N) is 2. The van der Waals surface area contributed by atoms with Gasteiger partial charge in [0.2, 0.25) is 0 Å². The Morgan fingerprint density at radius 1 is 1.56 bits per heavy atom. The minimum absolute atomic E-state index is 0.133. The maximum atomic E-state index is 11.6. The van der Waals surface area contributed by atoms with Crippen molar-refractivity contribution in [1.29, 1.82) is 0 Å². The van der Waals surface area contributed by atoms with Crippen LogP contribution >= 0.6 is 70.3 Å². The molecule has 0 bridgehead atoms. The molecule has 1 heterocycles. The lowest BCUT2D eigenvalue weighted by atomic mass is 10.2. The molecule has 1 aliphatic rings. The summed E-state index contributed by atoms with van der Waals surface area (Å²) in [5.41, 5.74) is 0. The van der Waals surface area contributed by atoms with Crippen LogP contribution in [0.3, 0.4) is 0 Å². The molecule has 4 nitrogen and oxygen atoms in total. The highest BCUT2D eigenvalue weighted by atomic mass is 35.6. The molecule has 0 spiro atoms. The van der Waals surface area contributed by atoms with Crippen LogP contribution in [0.4, 0.5) is 4.79 Å². The zero-order valence-electron chi connectivity index (χ0n) is 9.78. The number of rotatable bonds is 2. The Kier molecular flexibility index (Phi) is 6.15. The molecule has 0 unspecified atom stereocenters. The second-order valence-electron chi connectivity index (χ2n) is 3.70. The van der Waals surface area contributed by atoms with E-state index in [1.807, 2.05) is 13.8 Å². The highest BCUT2D eigenvalue weighted by Crippen LogP contribution is 2.42. The molecule has 18 heavy (non-hydrogen) atoms. The fourth-order valence-electron chi connectivity index (χ4n) is 0.935. The Labute approximate surface area is 134 Å². The molecule has 0 aromatic rings. The van der Waals surface area contributed by atoms with Gasteiger partial charge < -0.3 is 0 Å². The molecular weight excluding hydrogens is 359 g/mol. The molecule has 104 valence electrons. The highest BCUT2D eigenvalue weighted by Gasteiger charge is 2.34. The fourth-order valence-corrected chi connectivity index (χ4v) is 5.10. The van der Waals surface area contributed by atoms with Crippen LogP contribution in [0.5, 0.6) is 0 Å². The fraction of sp³-hybridized carbons (Fsp3) is 0.750. The SMILES string of the molecule is CN(SC(Cl)(Cl)Cl)C(=O)ON=C1SCSC1(C)C. The Bertz CT molecular complexity index is 360. The summed E-state index contributed by atoms with van der Waals surface area (Å²) in [6, 6.07) is 0. The minimum Gasteiger partial charge on any atom is -0.296 e. The first kappa shape index (κ1) is 16.9. The van der Waals surface area contributed by atoms with Gasteiger partial charge in [-0.05, 0) is 13.8 Å². The van der Waals surface area contributed by atoms with Crippen molar-refractivity contribution in [2.75, 3.05) is 12.1 Å². The summed E-state index contributed by atoms with van der Waals surface area (Å²) in [7, 11) is 1.44. The van der Waals surface area contributed by atoms with Crippen molar-refractivity contribution in [3.63, 3.8) is 0 Å². The van der Waals surface area contributed by atoms with Crippen molar-refractivity contribution < 1.29 is 9.63 Å². The summed E-state index contributed by atoms with van der Waals surface area (Å²) < 4.78 is -0.666. The van der Waals surface area contributed by atoms with Gasteiger partial charge in [-0.15, -0.1) is 11.8 Å². The first-order chi connectivity index (χ1) is 8.12. The zero-order valence-corrected chi connectivity index (χ0v) is 14.5. The Morgan fingerprint density at radius 3 is 2.61 bits per heavy atom. The molecule has 1 rings (SSSR count). The van der Waals surface area contributed by atoms with Crippen LogP contribution in [0, 0.1) is 0 Å². The van der Waals surface area contributed by atoms with Crippen LogP contribution in [0.15, 0.2) is 5.16 Å². The number of hydrogen-bond donors (Lipinski definition) is 0. The van der Waals surface area contributed by atoms with Crippen LogP contribution in [0.25, 0.3) is 0 Å². The van der Waals surface area contributed by atoms with Crippen molar-refractivity contribution in [2.24, 2.45) is 5.16 Å². The monoisotopic (exact) mass is 368 g/mol. The van der Waals surface area contributed by atoms with Crippen LogP contribution in [-0.4, -0.2) is 35.4 Å². The van der Waals surface area contributed by atoms with Crippen molar-refractivity contribution in [3.05, 3.63) is 0 Å². The summed E-state index contributed by atoms with van der Waals surface area (Å²) in [6.45, 7) is 4.04. The first-order valence-electron chi connectivity index (χ1n) is 4.67. The number of carbonyl (C=O) groups excluding carboxylic acids is 1. The van der Waals surface area contributed by atoms with Gasteiger partial charge in [-0.2, -0.15) is 0 Å². The molecule has 10 heteroatoms. The lowest BCUT2D eigenvalue weighted by molar-refractivity contribution is 0.137. The van der Waals surface area contributed by atoms with E-state index in [1.165, 1.54) is 7.05 Å². The maximum Gasteiger partial charge on any atom is 0.445 e. The van der Waals surface area contributed by atoms with E-state index < -0.39 is 9.22 Å². The van der Waals surface area contributed by atoms with Gasteiger partial charge in [0.15, 0.2) is 0 Å². The van der Waals surface area contributed by atoms with E-state index in [-0.39, 0.29) is 4.75 Å². The number of thioether (sulfide) groups is 2. The Hall–Kier alpha value is 0.860.